The first-order valence-corrected chi connectivity index (χ1v) is 15.2. The number of carbonyl (C=O) groups is 1. The van der Waals surface area contributed by atoms with E-state index in [0.29, 0.717) is 37.9 Å². The summed E-state index contributed by atoms with van der Waals surface area (Å²) in [6.45, 7) is 26.1. The van der Waals surface area contributed by atoms with Gasteiger partial charge in [-0.1, -0.05) is 69.2 Å². The lowest BCUT2D eigenvalue weighted by Crippen LogP contribution is -2.80. The maximum atomic E-state index is 9.37. The molecule has 0 aliphatic heterocycles. The molecule has 0 amide bonds. The lowest BCUT2D eigenvalue weighted by atomic mass is 9.17. The Morgan fingerprint density at radius 1 is 0.714 bits per heavy atom. The summed E-state index contributed by atoms with van der Waals surface area (Å²) in [7, 11) is 0. The van der Waals surface area contributed by atoms with Crippen molar-refractivity contribution in [2.24, 2.45) is 67.5 Å². The summed E-state index contributed by atoms with van der Waals surface area (Å²) in [6.07, 6.45) is 13.9. The van der Waals surface area contributed by atoms with E-state index < -0.39 is 5.97 Å². The van der Waals surface area contributed by atoms with Crippen LogP contribution in [0.4, 0.5) is 0 Å². The highest BCUT2D eigenvalue weighted by Gasteiger charge is 2.83. The van der Waals surface area contributed by atoms with Crippen LogP contribution < -0.4 is 0 Å². The van der Waals surface area contributed by atoms with Crippen molar-refractivity contribution in [3.8, 4) is 0 Å². The molecule has 9 saturated carbocycles. The average Bonchev–Trinajstić information content (AvgIpc) is 2.78. The molecule has 0 aromatic heterocycles. The van der Waals surface area contributed by atoms with Crippen molar-refractivity contribution in [1.82, 2.24) is 0 Å². The van der Waals surface area contributed by atoms with Gasteiger partial charge in [-0.3, -0.25) is 4.79 Å². The van der Waals surface area contributed by atoms with Gasteiger partial charge in [-0.2, -0.15) is 0 Å². The van der Waals surface area contributed by atoms with Crippen molar-refractivity contribution in [1.29, 1.82) is 0 Å². The minimum atomic E-state index is -0.745. The van der Waals surface area contributed by atoms with E-state index in [1.54, 1.807) is 13.3 Å². The van der Waals surface area contributed by atoms with Crippen molar-refractivity contribution in [3.05, 3.63) is 0 Å². The Hall–Kier alpha value is -0.530. The van der Waals surface area contributed by atoms with Gasteiger partial charge < -0.3 is 5.11 Å². The predicted molar refractivity (Wildman–Crippen MR) is 145 cm³/mol. The van der Waals surface area contributed by atoms with Crippen LogP contribution in [0.2, 0.25) is 0 Å². The third kappa shape index (κ3) is 2.72. The largest absolute Gasteiger partial charge is 0.481 e. The molecular weight excluding hydrogens is 428 g/mol. The van der Waals surface area contributed by atoms with E-state index in [0.717, 1.165) is 29.6 Å². The summed E-state index contributed by atoms with van der Waals surface area (Å²) in [5, 5.41) is 7.72. The monoisotopic (exact) mass is 484 g/mol. The smallest absolute Gasteiger partial charge is 0.303 e. The molecule has 2 heteroatoms. The fourth-order valence-electron chi connectivity index (χ4n) is 13.2. The molecule has 9 aliphatic carbocycles. The Morgan fingerprint density at radius 2 is 1.14 bits per heavy atom. The molecule has 9 atom stereocenters. The molecule has 9 fully saturated rings. The molecule has 0 aromatic rings. The van der Waals surface area contributed by atoms with Gasteiger partial charge in [-0.15, -0.1) is 0 Å². The normalized spacial score (nSPS) is 53.6. The molecule has 9 rings (SSSR count). The average molecular weight is 485 g/mol. The van der Waals surface area contributed by atoms with Gasteiger partial charge in [0.15, 0.2) is 0 Å². The van der Waals surface area contributed by atoms with E-state index in [2.05, 4.69) is 62.3 Å². The van der Waals surface area contributed by atoms with Crippen molar-refractivity contribution < 1.29 is 9.90 Å². The first-order valence-electron chi connectivity index (χ1n) is 15.2. The first kappa shape index (κ1) is 26.1. The predicted octanol–water partition coefficient (Wildman–Crippen LogP) is 9.22. The second kappa shape index (κ2) is 7.31. The number of fused-ring (bicyclic) bond motifs is 7. The van der Waals surface area contributed by atoms with Crippen LogP contribution in [0.3, 0.4) is 0 Å². The highest BCUT2D eigenvalue weighted by Crippen LogP contribution is 2.89. The van der Waals surface area contributed by atoms with Gasteiger partial charge in [0.25, 0.3) is 0 Å². The molecule has 9 aliphatic rings. The zero-order valence-electron chi connectivity index (χ0n) is 24.8. The van der Waals surface area contributed by atoms with E-state index in [4.69, 9.17) is 5.11 Å². The Bertz CT molecular complexity index is 895. The van der Waals surface area contributed by atoms with Crippen LogP contribution in [0.15, 0.2) is 0 Å². The van der Waals surface area contributed by atoms with Crippen LogP contribution >= 0.6 is 0 Å². The van der Waals surface area contributed by atoms with Crippen molar-refractivity contribution in [3.63, 3.8) is 0 Å². The fraction of sp³-hybridized carbons (Fsp3) is 0.970. The van der Waals surface area contributed by atoms with E-state index in [-0.39, 0.29) is 6.42 Å². The number of carboxylic acid groups (broad SMARTS) is 1. The molecule has 200 valence electrons. The zero-order chi connectivity index (χ0) is 26.0. The lowest BCUT2D eigenvalue weighted by molar-refractivity contribution is -0.387. The number of hydrogen-bond donors (Lipinski definition) is 1. The summed E-state index contributed by atoms with van der Waals surface area (Å²) < 4.78 is 0. The number of carboxylic acids is 1. The number of hydrogen-bond acceptors (Lipinski definition) is 1. The van der Waals surface area contributed by atoms with Gasteiger partial charge >= 0.3 is 5.97 Å². The van der Waals surface area contributed by atoms with Gasteiger partial charge in [-0.05, 0) is 125 Å². The van der Waals surface area contributed by atoms with Gasteiger partial charge in [-0.25, -0.2) is 0 Å². The SMILES string of the molecule is CC1(C)C2CCC(C)(C3(C)CCC4CC3(C3(C)CCC5CC3C5(C)C)C4(C)C)C1C2.CCC(=O)O. The molecule has 0 aromatic carbocycles. The van der Waals surface area contributed by atoms with Crippen LogP contribution in [-0.4, -0.2) is 11.1 Å². The molecule has 0 spiro atoms. The standard InChI is InChI=1S/C30H50.C3H6O2/c1-24(2)19-10-13-27(7,22(24)16-19)29(9)15-12-21-18-30(29,26(21,5)6)28(8)14-11-20-17-23(28)25(20,3)4;1-2-3(4)5/h19-23H,10-18H2,1-9H3;2H2,1H3,(H,4,5). The van der Waals surface area contributed by atoms with Crippen LogP contribution in [0.5, 0.6) is 0 Å². The van der Waals surface area contributed by atoms with E-state index in [9.17, 15) is 4.79 Å². The maximum absolute atomic E-state index is 9.37. The van der Waals surface area contributed by atoms with Crippen molar-refractivity contribution in [2.75, 3.05) is 0 Å². The highest BCUT2D eigenvalue weighted by atomic mass is 16.4. The van der Waals surface area contributed by atoms with Crippen LogP contribution in [-0.2, 0) is 4.79 Å². The minimum Gasteiger partial charge on any atom is -0.481 e. The van der Waals surface area contributed by atoms with E-state index in [1.807, 2.05) is 0 Å². The molecule has 9 unspecified atom stereocenters. The second-order valence-electron chi connectivity index (χ2n) is 16.7. The zero-order valence-corrected chi connectivity index (χ0v) is 24.8. The Balaban J connectivity index is 0.000000464. The molecule has 0 heterocycles. The molecule has 0 radical (unpaired) electrons. The van der Waals surface area contributed by atoms with Gasteiger partial charge in [0.2, 0.25) is 0 Å². The molecule has 2 nitrogen and oxygen atoms in total. The summed E-state index contributed by atoms with van der Waals surface area (Å²) in [4.78, 5) is 9.37. The molecule has 35 heavy (non-hydrogen) atoms. The second-order valence-corrected chi connectivity index (χ2v) is 16.7. The topological polar surface area (TPSA) is 37.3 Å². The van der Waals surface area contributed by atoms with Crippen molar-refractivity contribution >= 4 is 5.97 Å². The summed E-state index contributed by atoms with van der Waals surface area (Å²) in [6, 6.07) is 0. The van der Waals surface area contributed by atoms with E-state index >= 15 is 0 Å². The third-order valence-electron chi connectivity index (χ3n) is 15.6. The molecule has 1 N–H and O–H groups in total. The van der Waals surface area contributed by atoms with Crippen LogP contribution in [0, 0.1) is 67.5 Å². The summed E-state index contributed by atoms with van der Waals surface area (Å²) in [5.74, 6) is 4.17. The Morgan fingerprint density at radius 3 is 1.54 bits per heavy atom. The van der Waals surface area contributed by atoms with Gasteiger partial charge in [0.05, 0.1) is 0 Å². The molecular formula is C33H56O2. The highest BCUT2D eigenvalue weighted by molar-refractivity contribution is 5.66. The Labute approximate surface area is 216 Å². The summed E-state index contributed by atoms with van der Waals surface area (Å²) in [5.41, 5.74) is 3.78. The maximum Gasteiger partial charge on any atom is 0.303 e. The lowest BCUT2D eigenvalue weighted by Gasteiger charge is -2.87. The number of aliphatic carboxylic acids is 1. The number of rotatable bonds is 3. The van der Waals surface area contributed by atoms with Crippen LogP contribution in [0.1, 0.15) is 133 Å². The van der Waals surface area contributed by atoms with Gasteiger partial charge in [0, 0.05) is 6.42 Å². The van der Waals surface area contributed by atoms with E-state index in [1.165, 1.54) is 51.4 Å². The quantitative estimate of drug-likeness (QED) is 0.433. The van der Waals surface area contributed by atoms with Gasteiger partial charge in [0.1, 0.15) is 0 Å². The molecule has 6 bridgehead atoms. The van der Waals surface area contributed by atoms with Crippen LogP contribution in [0.25, 0.3) is 0 Å². The molecule has 0 saturated heterocycles. The minimum absolute atomic E-state index is 0.222. The summed E-state index contributed by atoms with van der Waals surface area (Å²) >= 11 is 0. The first-order chi connectivity index (χ1) is 16.0. The fourth-order valence-corrected chi connectivity index (χ4v) is 13.2. The Kier molecular flexibility index (Phi) is 5.45. The van der Waals surface area contributed by atoms with Crippen molar-refractivity contribution in [2.45, 2.75) is 133 Å². The third-order valence-corrected chi connectivity index (χ3v) is 15.6.